The van der Waals surface area contributed by atoms with E-state index in [2.05, 4.69) is 10.4 Å². The highest BCUT2D eigenvalue weighted by Crippen LogP contribution is 2.30. The molecule has 2 aromatic rings. The van der Waals surface area contributed by atoms with Crippen LogP contribution in [0.3, 0.4) is 0 Å². The van der Waals surface area contributed by atoms with Gasteiger partial charge in [-0.3, -0.25) is 9.48 Å². The van der Waals surface area contributed by atoms with Gasteiger partial charge in [0.05, 0.1) is 19.9 Å². The molecule has 0 radical (unpaired) electrons. The Kier molecular flexibility index (Phi) is 4.88. The first-order valence-electron chi connectivity index (χ1n) is 7.19. The number of aliphatic hydroxyl groups is 1. The maximum atomic E-state index is 14.2. The van der Waals surface area contributed by atoms with Crippen LogP contribution in [0.15, 0.2) is 36.7 Å². The molecule has 0 aliphatic heterocycles. The van der Waals surface area contributed by atoms with Gasteiger partial charge in [-0.05, 0) is 31.2 Å². The van der Waals surface area contributed by atoms with Crippen molar-refractivity contribution in [2.75, 3.05) is 13.7 Å². The number of rotatable bonds is 6. The summed E-state index contributed by atoms with van der Waals surface area (Å²) in [5.41, 5.74) is -1.56. The van der Waals surface area contributed by atoms with Crippen LogP contribution in [0.4, 0.5) is 8.78 Å². The Labute approximate surface area is 138 Å². The minimum absolute atomic E-state index is 0.372. The number of benzene rings is 1. The Balaban J connectivity index is 2.07. The van der Waals surface area contributed by atoms with Crippen LogP contribution in [0.5, 0.6) is 5.75 Å². The molecule has 0 bridgehead atoms. The molecule has 2 N–H and O–H groups in total. The van der Waals surface area contributed by atoms with E-state index in [1.54, 1.807) is 13.2 Å². The summed E-state index contributed by atoms with van der Waals surface area (Å²) in [7, 11) is 3.08. The number of methoxy groups -OCH3 is 1. The highest BCUT2D eigenvalue weighted by molar-refractivity contribution is 5.84. The van der Waals surface area contributed by atoms with Crippen LogP contribution >= 0.6 is 0 Å². The van der Waals surface area contributed by atoms with Crippen LogP contribution in [0.25, 0.3) is 0 Å². The molecule has 130 valence electrons. The van der Waals surface area contributed by atoms with E-state index in [1.165, 1.54) is 37.0 Å². The van der Waals surface area contributed by atoms with E-state index in [-0.39, 0.29) is 6.54 Å². The molecule has 1 unspecified atom stereocenters. The van der Waals surface area contributed by atoms with Crippen molar-refractivity contribution in [1.29, 1.82) is 0 Å². The zero-order valence-corrected chi connectivity index (χ0v) is 13.6. The third-order valence-electron chi connectivity index (χ3n) is 3.66. The highest BCUT2D eigenvalue weighted by atomic mass is 19.3. The topological polar surface area (TPSA) is 76.4 Å². The second-order valence-electron chi connectivity index (χ2n) is 5.66. The molecule has 0 aliphatic rings. The predicted octanol–water partition coefficient (Wildman–Crippen LogP) is 1.54. The smallest absolute Gasteiger partial charge is 0.349 e. The van der Waals surface area contributed by atoms with Crippen LogP contribution in [0, 0.1) is 0 Å². The number of nitrogens with one attached hydrogen (secondary N) is 1. The summed E-state index contributed by atoms with van der Waals surface area (Å²) >= 11 is 0. The lowest BCUT2D eigenvalue weighted by Gasteiger charge is -2.24. The van der Waals surface area contributed by atoms with E-state index in [1.807, 2.05) is 0 Å². The van der Waals surface area contributed by atoms with E-state index in [9.17, 15) is 18.7 Å². The highest BCUT2D eigenvalue weighted by Gasteiger charge is 2.41. The number of amides is 1. The Hall–Kier alpha value is -2.48. The molecule has 0 aliphatic carbocycles. The van der Waals surface area contributed by atoms with Crippen molar-refractivity contribution in [3.63, 3.8) is 0 Å². The van der Waals surface area contributed by atoms with Crippen molar-refractivity contribution in [2.45, 2.75) is 18.4 Å². The lowest BCUT2D eigenvalue weighted by Crippen LogP contribution is -2.44. The van der Waals surface area contributed by atoms with Crippen molar-refractivity contribution in [1.82, 2.24) is 15.1 Å². The Bertz CT molecular complexity index is 712. The summed E-state index contributed by atoms with van der Waals surface area (Å²) in [6.07, 6.45) is 2.96. The van der Waals surface area contributed by atoms with Crippen LogP contribution in [0.2, 0.25) is 0 Å². The fourth-order valence-electron chi connectivity index (χ4n) is 2.10. The lowest BCUT2D eigenvalue weighted by molar-refractivity contribution is -0.148. The molecule has 1 amide bonds. The fourth-order valence-corrected chi connectivity index (χ4v) is 2.10. The first-order valence-corrected chi connectivity index (χ1v) is 7.19. The van der Waals surface area contributed by atoms with Crippen LogP contribution in [-0.2, 0) is 23.4 Å². The quantitative estimate of drug-likeness (QED) is 0.837. The molecule has 8 heteroatoms. The number of alkyl halides is 2. The molecule has 1 aromatic heterocycles. The minimum Gasteiger partial charge on any atom is -0.497 e. The molecule has 0 saturated heterocycles. The normalized spacial score (nSPS) is 14.1. The number of aryl methyl sites for hydroxylation is 1. The number of hydrogen-bond acceptors (Lipinski definition) is 4. The van der Waals surface area contributed by atoms with Crippen LogP contribution < -0.4 is 10.1 Å². The zero-order chi connectivity index (χ0) is 18.0. The SMILES string of the molecule is COc1ccc(C(F)(F)C(=O)NCC(C)(O)c2cnn(C)c2)cc1. The maximum Gasteiger partial charge on any atom is 0.349 e. The largest absolute Gasteiger partial charge is 0.497 e. The van der Waals surface area contributed by atoms with Crippen molar-refractivity contribution in [3.05, 3.63) is 47.8 Å². The summed E-state index contributed by atoms with van der Waals surface area (Å²) in [5.74, 6) is -4.80. The molecular formula is C16H19F2N3O3. The van der Waals surface area contributed by atoms with E-state index >= 15 is 0 Å². The third kappa shape index (κ3) is 3.70. The molecule has 0 fully saturated rings. The van der Waals surface area contributed by atoms with Gasteiger partial charge in [-0.2, -0.15) is 13.9 Å². The monoisotopic (exact) mass is 339 g/mol. The lowest BCUT2D eigenvalue weighted by atomic mass is 9.99. The van der Waals surface area contributed by atoms with E-state index < -0.39 is 23.0 Å². The van der Waals surface area contributed by atoms with Gasteiger partial charge < -0.3 is 15.2 Å². The number of halogens is 2. The van der Waals surface area contributed by atoms with Crippen LogP contribution in [0.1, 0.15) is 18.1 Å². The average Bonchev–Trinajstić information content (AvgIpc) is 3.00. The van der Waals surface area contributed by atoms with Gasteiger partial charge in [-0.15, -0.1) is 0 Å². The first-order chi connectivity index (χ1) is 11.2. The average molecular weight is 339 g/mol. The Morgan fingerprint density at radius 2 is 1.96 bits per heavy atom. The van der Waals surface area contributed by atoms with Crippen LogP contribution in [-0.4, -0.2) is 34.4 Å². The summed E-state index contributed by atoms with van der Waals surface area (Å²) in [6.45, 7) is 1.04. The third-order valence-corrected chi connectivity index (χ3v) is 3.66. The van der Waals surface area contributed by atoms with Gasteiger partial charge in [0.1, 0.15) is 11.4 Å². The Morgan fingerprint density at radius 1 is 1.33 bits per heavy atom. The summed E-state index contributed by atoms with van der Waals surface area (Å²) in [4.78, 5) is 11.9. The van der Waals surface area contributed by atoms with Crippen molar-refractivity contribution in [2.24, 2.45) is 7.05 Å². The van der Waals surface area contributed by atoms with Gasteiger partial charge in [0, 0.05) is 24.4 Å². The summed E-state index contributed by atoms with van der Waals surface area (Å²) in [5, 5.41) is 16.3. The number of ether oxygens (including phenoxy) is 1. The second kappa shape index (κ2) is 6.56. The number of carbonyl (C=O) groups excluding carboxylic acids is 1. The summed E-state index contributed by atoms with van der Waals surface area (Å²) < 4.78 is 34.8. The Morgan fingerprint density at radius 3 is 2.46 bits per heavy atom. The van der Waals surface area contributed by atoms with E-state index in [4.69, 9.17) is 4.74 Å². The number of nitrogens with zero attached hydrogens (tertiary/aromatic N) is 2. The maximum absolute atomic E-state index is 14.2. The number of carbonyl (C=O) groups is 1. The predicted molar refractivity (Wildman–Crippen MR) is 82.7 cm³/mol. The van der Waals surface area contributed by atoms with E-state index in [0.29, 0.717) is 11.3 Å². The molecule has 2 rings (SSSR count). The van der Waals surface area contributed by atoms with Gasteiger partial charge in [0.2, 0.25) is 0 Å². The summed E-state index contributed by atoms with van der Waals surface area (Å²) in [6, 6.07) is 4.94. The standard InChI is InChI=1S/C16H19F2N3O3/c1-15(23,12-8-20-21(2)9-12)10-19-14(22)16(17,18)11-4-6-13(24-3)7-5-11/h4-9,23H,10H2,1-3H3,(H,19,22). The first kappa shape index (κ1) is 17.9. The molecule has 1 atom stereocenters. The van der Waals surface area contributed by atoms with Gasteiger partial charge in [-0.1, -0.05) is 0 Å². The fraction of sp³-hybridized carbons (Fsp3) is 0.375. The molecule has 6 nitrogen and oxygen atoms in total. The van der Waals surface area contributed by atoms with Gasteiger partial charge >= 0.3 is 5.92 Å². The minimum atomic E-state index is -3.72. The van der Waals surface area contributed by atoms with Gasteiger partial charge in [-0.25, -0.2) is 0 Å². The van der Waals surface area contributed by atoms with Gasteiger partial charge in [0.25, 0.3) is 5.91 Å². The second-order valence-corrected chi connectivity index (χ2v) is 5.66. The number of aromatic nitrogens is 2. The van der Waals surface area contributed by atoms with Crippen molar-refractivity contribution >= 4 is 5.91 Å². The number of hydrogen-bond donors (Lipinski definition) is 2. The van der Waals surface area contributed by atoms with Crippen molar-refractivity contribution < 1.29 is 23.4 Å². The molecule has 1 heterocycles. The molecule has 1 aromatic carbocycles. The van der Waals surface area contributed by atoms with E-state index in [0.717, 1.165) is 12.1 Å². The zero-order valence-electron chi connectivity index (χ0n) is 13.6. The van der Waals surface area contributed by atoms with Crippen molar-refractivity contribution in [3.8, 4) is 5.75 Å². The van der Waals surface area contributed by atoms with Gasteiger partial charge in [0.15, 0.2) is 0 Å². The molecule has 24 heavy (non-hydrogen) atoms. The molecule has 0 spiro atoms. The molecule has 0 saturated carbocycles. The molecular weight excluding hydrogens is 320 g/mol.